The van der Waals surface area contributed by atoms with Crippen molar-refractivity contribution in [3.8, 4) is 5.75 Å². The number of nitrogens with zero attached hydrogens (tertiary/aromatic N) is 2. The fourth-order valence-electron chi connectivity index (χ4n) is 1.59. The maximum atomic E-state index is 13.8. The number of methoxy groups -OCH3 is 1. The van der Waals surface area contributed by atoms with Gasteiger partial charge in [-0.25, -0.2) is 4.39 Å². The molecule has 90 valence electrons. The van der Waals surface area contributed by atoms with Crippen LogP contribution >= 0.6 is 0 Å². The molecule has 0 bridgehead atoms. The number of rotatable bonds is 4. The molecule has 0 amide bonds. The summed E-state index contributed by atoms with van der Waals surface area (Å²) in [5.41, 5.74) is 1.20. The second-order valence-electron chi connectivity index (χ2n) is 3.64. The molecule has 0 spiro atoms. The van der Waals surface area contributed by atoms with E-state index in [1.165, 1.54) is 7.11 Å². The van der Waals surface area contributed by atoms with Crippen molar-refractivity contribution in [3.63, 3.8) is 0 Å². The lowest BCUT2D eigenvalue weighted by molar-refractivity contribution is 0.281. The lowest BCUT2D eigenvalue weighted by Gasteiger charge is -2.07. The lowest BCUT2D eigenvalue weighted by atomic mass is 10.2. The number of aromatic nitrogens is 2. The van der Waals surface area contributed by atoms with Crippen LogP contribution in [0.3, 0.4) is 0 Å². The smallest absolute Gasteiger partial charge is 0.170 e. The van der Waals surface area contributed by atoms with Crippen molar-refractivity contribution in [1.29, 1.82) is 0 Å². The molecule has 0 radical (unpaired) electrons. The van der Waals surface area contributed by atoms with E-state index in [9.17, 15) is 4.39 Å². The van der Waals surface area contributed by atoms with Crippen LogP contribution in [0.1, 0.15) is 11.1 Å². The molecule has 17 heavy (non-hydrogen) atoms. The van der Waals surface area contributed by atoms with Crippen molar-refractivity contribution in [1.82, 2.24) is 9.78 Å². The zero-order chi connectivity index (χ0) is 12.3. The first-order valence-electron chi connectivity index (χ1n) is 5.18. The number of hydrogen-bond donors (Lipinski definition) is 1. The Morgan fingerprint density at radius 2 is 2.29 bits per heavy atom. The summed E-state index contributed by atoms with van der Waals surface area (Å²) in [5, 5.41) is 12.9. The number of aliphatic hydroxyl groups excluding tert-OH is 1. The second kappa shape index (κ2) is 4.97. The molecule has 5 heteroatoms. The zero-order valence-electron chi connectivity index (χ0n) is 9.43. The third-order valence-electron chi connectivity index (χ3n) is 2.46. The summed E-state index contributed by atoms with van der Waals surface area (Å²) in [4.78, 5) is 0. The highest BCUT2D eigenvalue weighted by Crippen LogP contribution is 2.20. The Morgan fingerprint density at radius 1 is 1.47 bits per heavy atom. The van der Waals surface area contributed by atoms with Crippen LogP contribution in [0.4, 0.5) is 4.39 Å². The molecule has 1 aromatic heterocycles. The molecule has 0 fully saturated rings. The maximum absolute atomic E-state index is 13.8. The minimum atomic E-state index is -0.379. The zero-order valence-corrected chi connectivity index (χ0v) is 9.43. The largest absolute Gasteiger partial charge is 0.494 e. The van der Waals surface area contributed by atoms with Crippen LogP contribution in [0.5, 0.6) is 5.75 Å². The van der Waals surface area contributed by atoms with Crippen LogP contribution in [0.25, 0.3) is 0 Å². The van der Waals surface area contributed by atoms with Crippen molar-refractivity contribution >= 4 is 0 Å². The van der Waals surface area contributed by atoms with Crippen LogP contribution in [-0.2, 0) is 13.2 Å². The van der Waals surface area contributed by atoms with Gasteiger partial charge in [0.05, 0.1) is 26.5 Å². The fraction of sp³-hybridized carbons (Fsp3) is 0.250. The van der Waals surface area contributed by atoms with E-state index in [0.717, 1.165) is 0 Å². The standard InChI is InChI=1S/C12H13FN2O2/c1-17-11-4-2-3-10(12(11)13)7-15-6-9(8-16)5-14-15/h2-6,16H,7-8H2,1H3. The quantitative estimate of drug-likeness (QED) is 0.876. The van der Waals surface area contributed by atoms with E-state index in [-0.39, 0.29) is 18.2 Å². The van der Waals surface area contributed by atoms with Gasteiger partial charge < -0.3 is 9.84 Å². The van der Waals surface area contributed by atoms with Gasteiger partial charge in [0, 0.05) is 17.3 Å². The summed E-state index contributed by atoms with van der Waals surface area (Å²) < 4.78 is 20.3. The van der Waals surface area contributed by atoms with Gasteiger partial charge in [-0.15, -0.1) is 0 Å². The van der Waals surface area contributed by atoms with Gasteiger partial charge in [-0.3, -0.25) is 4.68 Å². The predicted molar refractivity (Wildman–Crippen MR) is 60.2 cm³/mol. The molecule has 1 N–H and O–H groups in total. The van der Waals surface area contributed by atoms with Gasteiger partial charge in [-0.1, -0.05) is 12.1 Å². The van der Waals surface area contributed by atoms with E-state index in [2.05, 4.69) is 5.10 Å². The molecule has 0 saturated heterocycles. The minimum Gasteiger partial charge on any atom is -0.494 e. The van der Waals surface area contributed by atoms with Crippen molar-refractivity contribution in [2.45, 2.75) is 13.2 Å². The summed E-state index contributed by atoms with van der Waals surface area (Å²) >= 11 is 0. The number of hydrogen-bond acceptors (Lipinski definition) is 3. The molecular weight excluding hydrogens is 223 g/mol. The number of aliphatic hydroxyl groups is 1. The van der Waals surface area contributed by atoms with Gasteiger partial charge in [-0.2, -0.15) is 5.10 Å². The molecular formula is C12H13FN2O2. The summed E-state index contributed by atoms with van der Waals surface area (Å²) in [6, 6.07) is 4.98. The van der Waals surface area contributed by atoms with Gasteiger partial charge >= 0.3 is 0 Å². The van der Waals surface area contributed by atoms with Gasteiger partial charge in [0.1, 0.15) is 0 Å². The third kappa shape index (κ3) is 2.45. The first kappa shape index (κ1) is 11.6. The third-order valence-corrected chi connectivity index (χ3v) is 2.46. The van der Waals surface area contributed by atoms with E-state index in [4.69, 9.17) is 9.84 Å². The van der Waals surface area contributed by atoms with Crippen LogP contribution in [0, 0.1) is 5.82 Å². The molecule has 2 rings (SSSR count). The first-order chi connectivity index (χ1) is 8.24. The van der Waals surface area contributed by atoms with Crippen LogP contribution in [-0.4, -0.2) is 22.0 Å². The molecule has 2 aromatic rings. The highest BCUT2D eigenvalue weighted by Gasteiger charge is 2.09. The second-order valence-corrected chi connectivity index (χ2v) is 3.64. The van der Waals surface area contributed by atoms with Crippen LogP contribution in [0.15, 0.2) is 30.6 Å². The summed E-state index contributed by atoms with van der Waals surface area (Å²) in [6.45, 7) is 0.240. The monoisotopic (exact) mass is 236 g/mol. The first-order valence-corrected chi connectivity index (χ1v) is 5.18. The van der Waals surface area contributed by atoms with Crippen molar-refractivity contribution in [2.75, 3.05) is 7.11 Å². The maximum Gasteiger partial charge on any atom is 0.170 e. The summed E-state index contributed by atoms with van der Waals surface area (Å²) in [5.74, 6) is -0.159. The molecule has 0 unspecified atom stereocenters. The SMILES string of the molecule is COc1cccc(Cn2cc(CO)cn2)c1F. The van der Waals surface area contributed by atoms with Gasteiger partial charge in [0.25, 0.3) is 0 Å². The normalized spacial score (nSPS) is 10.5. The summed E-state index contributed by atoms with van der Waals surface area (Å²) in [6.07, 6.45) is 3.23. The Balaban J connectivity index is 2.23. The average molecular weight is 236 g/mol. The van der Waals surface area contributed by atoms with E-state index in [1.807, 2.05) is 0 Å². The Bertz CT molecular complexity index is 511. The van der Waals surface area contributed by atoms with Crippen LogP contribution in [0.2, 0.25) is 0 Å². The Labute approximate surface area is 98.3 Å². The average Bonchev–Trinajstić information content (AvgIpc) is 2.79. The Kier molecular flexibility index (Phi) is 3.39. The fourth-order valence-corrected chi connectivity index (χ4v) is 1.59. The highest BCUT2D eigenvalue weighted by atomic mass is 19.1. The molecule has 0 aliphatic carbocycles. The molecule has 0 aliphatic rings. The molecule has 1 aromatic carbocycles. The molecule has 0 aliphatic heterocycles. The highest BCUT2D eigenvalue weighted by molar-refractivity contribution is 5.31. The topological polar surface area (TPSA) is 47.3 Å². The molecule has 0 saturated carbocycles. The van der Waals surface area contributed by atoms with E-state index >= 15 is 0 Å². The summed E-state index contributed by atoms with van der Waals surface area (Å²) in [7, 11) is 1.43. The minimum absolute atomic E-state index is 0.0689. The molecule has 0 atom stereocenters. The van der Waals surface area contributed by atoms with E-state index in [0.29, 0.717) is 17.7 Å². The van der Waals surface area contributed by atoms with Gasteiger partial charge in [0.2, 0.25) is 0 Å². The number of ether oxygens (including phenoxy) is 1. The van der Waals surface area contributed by atoms with Crippen LogP contribution < -0.4 is 4.74 Å². The van der Waals surface area contributed by atoms with E-state index in [1.54, 1.807) is 35.3 Å². The van der Waals surface area contributed by atoms with Gasteiger partial charge in [-0.05, 0) is 6.07 Å². The molecule has 1 heterocycles. The predicted octanol–water partition coefficient (Wildman–Crippen LogP) is 1.57. The lowest BCUT2D eigenvalue weighted by Crippen LogP contribution is -2.03. The Hall–Kier alpha value is -1.88. The molecule has 4 nitrogen and oxygen atoms in total. The van der Waals surface area contributed by atoms with Crippen molar-refractivity contribution < 1.29 is 14.2 Å². The van der Waals surface area contributed by atoms with E-state index < -0.39 is 0 Å². The van der Waals surface area contributed by atoms with Crippen molar-refractivity contribution in [3.05, 3.63) is 47.5 Å². The number of halogens is 1. The van der Waals surface area contributed by atoms with Gasteiger partial charge in [0.15, 0.2) is 11.6 Å². The number of benzene rings is 1. The Morgan fingerprint density at radius 3 is 2.94 bits per heavy atom. The van der Waals surface area contributed by atoms with Crippen molar-refractivity contribution in [2.24, 2.45) is 0 Å².